The van der Waals surface area contributed by atoms with Crippen molar-refractivity contribution in [1.82, 2.24) is 14.6 Å². The Hall–Kier alpha value is -3.82. The molecule has 5 aromatic rings. The van der Waals surface area contributed by atoms with Crippen molar-refractivity contribution in [3.8, 4) is 17.1 Å². The standard InChI is InChI=1S/C26H17BrN4O3S/c1-34-20-10-6-5-9-17(20)23-28-26-31(29-23)25(33)22(35-26)21-18-13-16(27)11-12-19(18)30(24(21)32)14-15-7-3-2-4-8-15/h2-13H,14H2,1H3. The maximum atomic E-state index is 13.7. The minimum Gasteiger partial charge on any atom is -0.496 e. The molecule has 0 radical (unpaired) electrons. The molecule has 1 amide bonds. The molecule has 0 fully saturated rings. The van der Waals surface area contributed by atoms with Gasteiger partial charge in [0, 0.05) is 10.0 Å². The molecular formula is C26H17BrN4O3S. The van der Waals surface area contributed by atoms with Gasteiger partial charge in [-0.05, 0) is 35.9 Å². The zero-order valence-corrected chi connectivity index (χ0v) is 20.8. The highest BCUT2D eigenvalue weighted by molar-refractivity contribution is 9.10. The first kappa shape index (κ1) is 21.7. The zero-order valence-electron chi connectivity index (χ0n) is 18.4. The fourth-order valence-electron chi connectivity index (χ4n) is 4.27. The molecule has 1 aliphatic heterocycles. The van der Waals surface area contributed by atoms with Gasteiger partial charge in [-0.15, -0.1) is 5.10 Å². The van der Waals surface area contributed by atoms with Crippen LogP contribution in [-0.4, -0.2) is 27.6 Å². The molecule has 1 aliphatic rings. The molecule has 6 rings (SSSR count). The summed E-state index contributed by atoms with van der Waals surface area (Å²) in [5.74, 6) is 0.802. The highest BCUT2D eigenvalue weighted by Gasteiger charge is 2.34. The molecule has 0 aliphatic carbocycles. The van der Waals surface area contributed by atoms with E-state index in [1.165, 1.54) is 15.9 Å². The van der Waals surface area contributed by atoms with E-state index in [4.69, 9.17) is 4.74 Å². The minimum absolute atomic E-state index is 0.214. The number of carbonyl (C=O) groups is 1. The second-order valence-corrected chi connectivity index (χ2v) is 9.87. The van der Waals surface area contributed by atoms with Crippen LogP contribution in [0.5, 0.6) is 5.75 Å². The predicted molar refractivity (Wildman–Crippen MR) is 139 cm³/mol. The SMILES string of the molecule is COc1ccccc1-c1nc2sc(=C3C(=O)N(Cc4ccccc4)c4ccc(Br)cc43)c(=O)n2n1. The number of aromatic nitrogens is 3. The van der Waals surface area contributed by atoms with Crippen LogP contribution in [0.25, 0.3) is 21.9 Å². The second kappa shape index (κ2) is 8.44. The number of anilines is 1. The monoisotopic (exact) mass is 544 g/mol. The van der Waals surface area contributed by atoms with Gasteiger partial charge < -0.3 is 9.64 Å². The van der Waals surface area contributed by atoms with Gasteiger partial charge in [0.25, 0.3) is 11.5 Å². The Labute approximate surface area is 212 Å². The van der Waals surface area contributed by atoms with Crippen LogP contribution in [0.15, 0.2) is 82.1 Å². The lowest BCUT2D eigenvalue weighted by Gasteiger charge is -2.17. The van der Waals surface area contributed by atoms with Gasteiger partial charge in [-0.2, -0.15) is 9.50 Å². The summed E-state index contributed by atoms with van der Waals surface area (Å²) in [6.07, 6.45) is 0. The van der Waals surface area contributed by atoms with Crippen molar-refractivity contribution in [1.29, 1.82) is 0 Å². The first-order chi connectivity index (χ1) is 17.0. The molecule has 0 bridgehead atoms. The predicted octanol–water partition coefficient (Wildman–Crippen LogP) is 4.05. The van der Waals surface area contributed by atoms with E-state index < -0.39 is 0 Å². The molecule has 0 N–H and O–H groups in total. The number of hydrogen-bond donors (Lipinski definition) is 0. The number of fused-ring (bicyclic) bond motifs is 2. The molecule has 9 heteroatoms. The van der Waals surface area contributed by atoms with Gasteiger partial charge in [0.2, 0.25) is 4.96 Å². The number of thiazole rings is 1. The number of rotatable bonds is 4. The average molecular weight is 545 g/mol. The molecule has 0 unspecified atom stereocenters. The Morgan fingerprint density at radius 3 is 2.51 bits per heavy atom. The number of para-hydroxylation sites is 1. The third-order valence-corrected chi connectivity index (χ3v) is 7.42. The van der Waals surface area contributed by atoms with Gasteiger partial charge in [-0.3, -0.25) is 9.59 Å². The van der Waals surface area contributed by atoms with Crippen molar-refractivity contribution in [3.05, 3.63) is 103 Å². The summed E-state index contributed by atoms with van der Waals surface area (Å²) in [4.78, 5) is 33.8. The van der Waals surface area contributed by atoms with Gasteiger partial charge in [-0.25, -0.2) is 0 Å². The van der Waals surface area contributed by atoms with E-state index in [0.717, 1.165) is 15.7 Å². The highest BCUT2D eigenvalue weighted by Crippen LogP contribution is 2.38. The number of halogens is 1. The van der Waals surface area contributed by atoms with Crippen LogP contribution in [-0.2, 0) is 11.3 Å². The average Bonchev–Trinajstić information content (AvgIpc) is 3.50. The topological polar surface area (TPSA) is 76.8 Å². The molecule has 3 heterocycles. The van der Waals surface area contributed by atoms with E-state index in [9.17, 15) is 9.59 Å². The van der Waals surface area contributed by atoms with Crippen LogP contribution in [0, 0.1) is 0 Å². The van der Waals surface area contributed by atoms with E-state index in [-0.39, 0.29) is 11.5 Å². The van der Waals surface area contributed by atoms with E-state index in [1.807, 2.05) is 72.8 Å². The van der Waals surface area contributed by atoms with Gasteiger partial charge in [0.1, 0.15) is 10.3 Å². The van der Waals surface area contributed by atoms with Crippen molar-refractivity contribution in [3.63, 3.8) is 0 Å². The number of methoxy groups -OCH3 is 1. The maximum Gasteiger partial charge on any atom is 0.291 e. The lowest BCUT2D eigenvalue weighted by atomic mass is 10.1. The summed E-state index contributed by atoms with van der Waals surface area (Å²) in [5, 5.41) is 4.44. The molecule has 0 atom stereocenters. The van der Waals surface area contributed by atoms with E-state index in [1.54, 1.807) is 12.0 Å². The number of amides is 1. The van der Waals surface area contributed by atoms with Gasteiger partial charge in [-0.1, -0.05) is 69.7 Å². The first-order valence-corrected chi connectivity index (χ1v) is 12.4. The Morgan fingerprint density at radius 2 is 1.74 bits per heavy atom. The van der Waals surface area contributed by atoms with Crippen molar-refractivity contribution in [2.45, 2.75) is 6.54 Å². The number of ether oxygens (including phenoxy) is 1. The Bertz CT molecular complexity index is 1730. The molecule has 2 aromatic heterocycles. The van der Waals surface area contributed by atoms with Crippen molar-refractivity contribution < 1.29 is 9.53 Å². The van der Waals surface area contributed by atoms with Gasteiger partial charge in [0.15, 0.2) is 5.82 Å². The first-order valence-electron chi connectivity index (χ1n) is 10.8. The number of nitrogens with zero attached hydrogens (tertiary/aromatic N) is 4. The van der Waals surface area contributed by atoms with Crippen molar-refractivity contribution in [2.24, 2.45) is 0 Å². The number of benzene rings is 3. The van der Waals surface area contributed by atoms with E-state index in [2.05, 4.69) is 26.0 Å². The third kappa shape index (κ3) is 3.55. The Kier molecular flexibility index (Phi) is 5.23. The summed E-state index contributed by atoms with van der Waals surface area (Å²) < 4.78 is 7.83. The van der Waals surface area contributed by atoms with Crippen molar-refractivity contribution in [2.75, 3.05) is 12.0 Å². The van der Waals surface area contributed by atoms with Gasteiger partial charge >= 0.3 is 0 Å². The Morgan fingerprint density at radius 1 is 0.971 bits per heavy atom. The highest BCUT2D eigenvalue weighted by atomic mass is 79.9. The third-order valence-electron chi connectivity index (χ3n) is 5.89. The van der Waals surface area contributed by atoms with E-state index >= 15 is 0 Å². The quantitative estimate of drug-likeness (QED) is 0.341. The van der Waals surface area contributed by atoms with Crippen LogP contribution in [0.2, 0.25) is 0 Å². The number of carbonyl (C=O) groups excluding carboxylic acids is 1. The van der Waals surface area contributed by atoms with Crippen LogP contribution in [0.1, 0.15) is 11.1 Å². The van der Waals surface area contributed by atoms with E-state index in [0.29, 0.717) is 44.3 Å². The smallest absolute Gasteiger partial charge is 0.291 e. The summed E-state index contributed by atoms with van der Waals surface area (Å²) in [6.45, 7) is 0.407. The molecule has 0 saturated carbocycles. The van der Waals surface area contributed by atoms with Gasteiger partial charge in [0.05, 0.1) is 30.5 Å². The summed E-state index contributed by atoms with van der Waals surface area (Å²) >= 11 is 4.67. The lowest BCUT2D eigenvalue weighted by Crippen LogP contribution is -2.32. The molecule has 0 spiro atoms. The van der Waals surface area contributed by atoms with Crippen LogP contribution in [0.3, 0.4) is 0 Å². The molecule has 172 valence electrons. The normalized spacial score (nSPS) is 14.6. The molecule has 3 aromatic carbocycles. The molecular weight excluding hydrogens is 528 g/mol. The Balaban J connectivity index is 1.52. The van der Waals surface area contributed by atoms with Crippen LogP contribution < -0.4 is 19.7 Å². The van der Waals surface area contributed by atoms with Crippen LogP contribution in [0.4, 0.5) is 5.69 Å². The summed E-state index contributed by atoms with van der Waals surface area (Å²) in [7, 11) is 1.58. The zero-order chi connectivity index (χ0) is 24.1. The lowest BCUT2D eigenvalue weighted by molar-refractivity contribution is -0.113. The largest absolute Gasteiger partial charge is 0.496 e. The molecule has 7 nitrogen and oxygen atoms in total. The van der Waals surface area contributed by atoms with Crippen LogP contribution >= 0.6 is 27.3 Å². The summed E-state index contributed by atoms with van der Waals surface area (Å²) in [5.41, 5.74) is 3.19. The summed E-state index contributed by atoms with van der Waals surface area (Å²) in [6, 6.07) is 22.8. The number of hydrogen-bond acceptors (Lipinski definition) is 6. The minimum atomic E-state index is -0.366. The molecule has 35 heavy (non-hydrogen) atoms. The molecule has 0 saturated heterocycles. The van der Waals surface area contributed by atoms with Crippen molar-refractivity contribution >= 4 is 49.4 Å². The second-order valence-electron chi connectivity index (χ2n) is 7.98. The fraction of sp³-hybridized carbons (Fsp3) is 0.0769. The maximum absolute atomic E-state index is 13.7. The fourth-order valence-corrected chi connectivity index (χ4v) is 5.63.